The van der Waals surface area contributed by atoms with Crippen molar-refractivity contribution in [3.63, 3.8) is 0 Å². The maximum absolute atomic E-state index is 11.2. The SMILES string of the molecule is CCCO[C@@H]1[C@H](O)[C@H](OP(=O)(O)O)[C@@H](O)[C@H](OP(=O)(O)O)[C@H]1OP(=O)(O)O. The van der Waals surface area contributed by atoms with Crippen molar-refractivity contribution < 1.29 is 71.6 Å². The van der Waals surface area contributed by atoms with Gasteiger partial charge in [-0.25, -0.2) is 13.7 Å². The molecule has 0 saturated heterocycles. The van der Waals surface area contributed by atoms with Crippen LogP contribution in [0.25, 0.3) is 0 Å². The highest BCUT2D eigenvalue weighted by atomic mass is 31.2. The first kappa shape index (κ1) is 25.2. The third-order valence-corrected chi connectivity index (χ3v) is 4.84. The molecule has 1 rings (SSSR count). The van der Waals surface area contributed by atoms with Gasteiger partial charge in [-0.3, -0.25) is 13.6 Å². The molecule has 1 fully saturated rings. The van der Waals surface area contributed by atoms with Crippen LogP contribution >= 0.6 is 23.5 Å². The van der Waals surface area contributed by atoms with Crippen LogP contribution in [0.4, 0.5) is 0 Å². The van der Waals surface area contributed by atoms with Crippen molar-refractivity contribution >= 4 is 23.5 Å². The van der Waals surface area contributed by atoms with E-state index in [2.05, 4.69) is 13.6 Å². The Hall–Kier alpha value is 0.210. The van der Waals surface area contributed by atoms with Crippen LogP contribution < -0.4 is 0 Å². The molecule has 0 radical (unpaired) electrons. The van der Waals surface area contributed by atoms with E-state index < -0.39 is 60.1 Å². The molecule has 27 heavy (non-hydrogen) atoms. The van der Waals surface area contributed by atoms with Crippen LogP contribution in [-0.4, -0.2) is 82.8 Å². The second kappa shape index (κ2) is 9.35. The van der Waals surface area contributed by atoms with Gasteiger partial charge in [0.2, 0.25) is 0 Å². The standard InChI is InChI=1S/C9H21O15P3/c1-2-3-21-7-4(10)6(22-25(12,13)14)5(11)8(23-26(15,16)17)9(7)24-27(18,19)20/h4-11H,2-3H2,1H3,(H2,12,13,14)(H2,15,16,17)(H2,18,19,20)/t4-,5-,6+,7-,8+,9+/m1/s1. The number of aliphatic hydroxyl groups excluding tert-OH is 2. The number of phosphoric acid groups is 3. The predicted molar refractivity (Wildman–Crippen MR) is 82.8 cm³/mol. The molecule has 0 aromatic carbocycles. The van der Waals surface area contributed by atoms with Gasteiger partial charge in [-0.1, -0.05) is 6.92 Å². The molecule has 0 aromatic rings. The molecule has 1 aliphatic carbocycles. The monoisotopic (exact) mass is 462 g/mol. The lowest BCUT2D eigenvalue weighted by Crippen LogP contribution is -2.65. The lowest BCUT2D eigenvalue weighted by atomic mass is 9.85. The van der Waals surface area contributed by atoms with Crippen LogP contribution in [0.1, 0.15) is 13.3 Å². The number of hydrogen-bond acceptors (Lipinski definition) is 9. The maximum Gasteiger partial charge on any atom is 0.470 e. The molecular formula is C9H21O15P3. The first-order valence-corrected chi connectivity index (χ1v) is 11.8. The molecule has 0 amide bonds. The van der Waals surface area contributed by atoms with Crippen LogP contribution in [0, 0.1) is 0 Å². The number of hydrogen-bond donors (Lipinski definition) is 8. The highest BCUT2D eigenvalue weighted by molar-refractivity contribution is 7.46. The van der Waals surface area contributed by atoms with Gasteiger partial charge >= 0.3 is 23.5 Å². The van der Waals surface area contributed by atoms with Crippen LogP contribution in [0.15, 0.2) is 0 Å². The van der Waals surface area contributed by atoms with Crippen molar-refractivity contribution in [3.8, 4) is 0 Å². The summed E-state index contributed by atoms with van der Waals surface area (Å²) < 4.78 is 51.5. The molecule has 0 unspecified atom stereocenters. The Kier molecular flexibility index (Phi) is 8.74. The summed E-state index contributed by atoms with van der Waals surface area (Å²) in [6.07, 6.45) is -12.6. The summed E-state index contributed by atoms with van der Waals surface area (Å²) >= 11 is 0. The van der Waals surface area contributed by atoms with E-state index in [1.165, 1.54) is 0 Å². The lowest BCUT2D eigenvalue weighted by molar-refractivity contribution is -0.225. The van der Waals surface area contributed by atoms with Crippen molar-refractivity contribution in [3.05, 3.63) is 0 Å². The van der Waals surface area contributed by atoms with Crippen LogP contribution in [0.2, 0.25) is 0 Å². The number of ether oxygens (including phenoxy) is 1. The Labute approximate surface area is 152 Å². The highest BCUT2D eigenvalue weighted by Crippen LogP contribution is 2.49. The molecule has 0 heterocycles. The minimum absolute atomic E-state index is 0.163. The fraction of sp³-hybridized carbons (Fsp3) is 1.00. The largest absolute Gasteiger partial charge is 0.470 e. The van der Waals surface area contributed by atoms with Gasteiger partial charge in [0, 0.05) is 6.61 Å². The van der Waals surface area contributed by atoms with Gasteiger partial charge in [-0.15, -0.1) is 0 Å². The van der Waals surface area contributed by atoms with Gasteiger partial charge < -0.3 is 44.3 Å². The Balaban J connectivity index is 3.37. The lowest BCUT2D eigenvalue weighted by Gasteiger charge is -2.46. The summed E-state index contributed by atoms with van der Waals surface area (Å²) in [7, 11) is -16.1. The molecule has 6 atom stereocenters. The average molecular weight is 462 g/mol. The number of aliphatic hydroxyl groups is 2. The second-order valence-electron chi connectivity index (χ2n) is 5.50. The zero-order chi connectivity index (χ0) is 21.2. The second-order valence-corrected chi connectivity index (χ2v) is 9.07. The molecular weight excluding hydrogens is 441 g/mol. The number of rotatable bonds is 9. The summed E-state index contributed by atoms with van der Waals surface area (Å²) in [6.45, 7) is 1.44. The molecule has 162 valence electrons. The van der Waals surface area contributed by atoms with E-state index in [-0.39, 0.29) is 6.61 Å². The first-order valence-electron chi connectivity index (χ1n) is 7.25. The first-order chi connectivity index (χ1) is 12.1. The third kappa shape index (κ3) is 8.23. The Morgan fingerprint density at radius 3 is 1.44 bits per heavy atom. The van der Waals surface area contributed by atoms with Crippen molar-refractivity contribution in [2.24, 2.45) is 0 Å². The minimum Gasteiger partial charge on any atom is -0.387 e. The summed E-state index contributed by atoms with van der Waals surface area (Å²) in [5.74, 6) is 0. The Bertz CT molecular complexity index is 622. The molecule has 0 aromatic heterocycles. The van der Waals surface area contributed by atoms with Gasteiger partial charge in [-0.05, 0) is 6.42 Å². The van der Waals surface area contributed by atoms with E-state index in [1.54, 1.807) is 6.92 Å². The molecule has 8 N–H and O–H groups in total. The van der Waals surface area contributed by atoms with Crippen LogP contribution in [0.5, 0.6) is 0 Å². The van der Waals surface area contributed by atoms with E-state index in [0.717, 1.165) is 0 Å². The van der Waals surface area contributed by atoms with Gasteiger partial charge in [-0.2, -0.15) is 0 Å². The van der Waals surface area contributed by atoms with Crippen LogP contribution in [0.3, 0.4) is 0 Å². The summed E-state index contributed by atoms with van der Waals surface area (Å²) in [6, 6.07) is 0. The van der Waals surface area contributed by atoms with E-state index in [1.807, 2.05) is 0 Å². The third-order valence-electron chi connectivity index (χ3n) is 3.29. The van der Waals surface area contributed by atoms with Crippen molar-refractivity contribution in [1.29, 1.82) is 0 Å². The maximum atomic E-state index is 11.2. The van der Waals surface area contributed by atoms with E-state index in [4.69, 9.17) is 34.1 Å². The predicted octanol–water partition coefficient (Wildman–Crippen LogP) is -2.05. The molecule has 15 nitrogen and oxygen atoms in total. The summed E-state index contributed by atoms with van der Waals surface area (Å²) in [5.41, 5.74) is 0. The fourth-order valence-electron chi connectivity index (χ4n) is 2.44. The number of phosphoric ester groups is 3. The molecule has 1 aliphatic rings. The highest BCUT2D eigenvalue weighted by Gasteiger charge is 2.57. The summed E-state index contributed by atoms with van der Waals surface area (Å²) in [4.78, 5) is 53.8. The van der Waals surface area contributed by atoms with E-state index >= 15 is 0 Å². The molecule has 18 heteroatoms. The van der Waals surface area contributed by atoms with Gasteiger partial charge in [0.25, 0.3) is 0 Å². The van der Waals surface area contributed by atoms with Gasteiger partial charge in [0.1, 0.15) is 36.6 Å². The van der Waals surface area contributed by atoms with Gasteiger partial charge in [0.05, 0.1) is 0 Å². The zero-order valence-electron chi connectivity index (χ0n) is 13.7. The Morgan fingerprint density at radius 2 is 1.04 bits per heavy atom. The van der Waals surface area contributed by atoms with E-state index in [9.17, 15) is 23.9 Å². The van der Waals surface area contributed by atoms with Crippen molar-refractivity contribution in [1.82, 2.24) is 0 Å². The van der Waals surface area contributed by atoms with Crippen molar-refractivity contribution in [2.45, 2.75) is 50.0 Å². The Morgan fingerprint density at radius 1 is 0.667 bits per heavy atom. The summed E-state index contributed by atoms with van der Waals surface area (Å²) in [5, 5.41) is 20.4. The van der Waals surface area contributed by atoms with Gasteiger partial charge in [0.15, 0.2) is 0 Å². The van der Waals surface area contributed by atoms with E-state index in [0.29, 0.717) is 6.42 Å². The normalized spacial score (nSPS) is 33.2. The van der Waals surface area contributed by atoms with Crippen molar-refractivity contribution in [2.75, 3.05) is 6.61 Å². The minimum atomic E-state index is -5.40. The molecule has 0 spiro atoms. The smallest absolute Gasteiger partial charge is 0.387 e. The van der Waals surface area contributed by atoms with Crippen LogP contribution in [-0.2, 0) is 32.0 Å². The molecule has 1 saturated carbocycles. The zero-order valence-corrected chi connectivity index (χ0v) is 16.3. The average Bonchev–Trinajstić information content (AvgIpc) is 2.44. The molecule has 0 aliphatic heterocycles. The fourth-order valence-corrected chi connectivity index (χ4v) is 4.13. The topological polar surface area (TPSA) is 250 Å². The quantitative estimate of drug-likeness (QED) is 0.172. The molecule has 0 bridgehead atoms.